The van der Waals surface area contributed by atoms with Crippen molar-refractivity contribution in [2.24, 2.45) is 0 Å². The lowest BCUT2D eigenvalue weighted by Gasteiger charge is -2.13. The van der Waals surface area contributed by atoms with Crippen LogP contribution in [0.2, 0.25) is 0 Å². The topological polar surface area (TPSA) is 64.0 Å². The third-order valence-electron chi connectivity index (χ3n) is 3.95. The molecule has 26 heavy (non-hydrogen) atoms. The van der Waals surface area contributed by atoms with Crippen LogP contribution in [0.5, 0.6) is 0 Å². The molecule has 0 aliphatic rings. The Kier molecular flexibility index (Phi) is 5.53. The normalized spacial score (nSPS) is 10.5. The number of nitrogens with zero attached hydrogens (tertiary/aromatic N) is 2. The van der Waals surface area contributed by atoms with E-state index in [1.165, 1.54) is 22.4 Å². The maximum absolute atomic E-state index is 12.6. The molecule has 1 heterocycles. The molecule has 1 amide bonds. The van der Waals surface area contributed by atoms with Gasteiger partial charge in [0.25, 0.3) is 5.56 Å². The molecule has 2 aromatic carbocycles. The fourth-order valence-corrected chi connectivity index (χ4v) is 3.15. The predicted molar refractivity (Wildman–Crippen MR) is 106 cm³/mol. The molecular formula is C20H19N3O2S. The number of hydrogen-bond donors (Lipinski definition) is 1. The number of carbonyl (C=O) groups excluding carboxylic acids is 1. The van der Waals surface area contributed by atoms with Crippen molar-refractivity contribution in [1.82, 2.24) is 9.55 Å². The monoisotopic (exact) mass is 365 g/mol. The lowest BCUT2D eigenvalue weighted by atomic mass is 10.1. The van der Waals surface area contributed by atoms with E-state index in [1.54, 1.807) is 0 Å². The number of rotatable bonds is 5. The largest absolute Gasteiger partial charge is 0.324 e. The van der Waals surface area contributed by atoms with Gasteiger partial charge in [-0.05, 0) is 24.8 Å². The van der Waals surface area contributed by atoms with Gasteiger partial charge in [0, 0.05) is 17.3 Å². The molecule has 0 saturated heterocycles. The number of nitrogens with one attached hydrogen (secondary N) is 1. The summed E-state index contributed by atoms with van der Waals surface area (Å²) in [6.45, 7) is 1.84. The SMILES string of the molecule is CSc1nc(-c2ccccc2)cc(=O)n1CC(=O)Nc1ccccc1C. The quantitative estimate of drug-likeness (QED) is 0.554. The minimum absolute atomic E-state index is 0.0780. The van der Waals surface area contributed by atoms with Crippen LogP contribution in [-0.2, 0) is 11.3 Å². The third kappa shape index (κ3) is 4.03. The van der Waals surface area contributed by atoms with Gasteiger partial charge in [-0.3, -0.25) is 14.2 Å². The molecule has 0 aliphatic heterocycles. The van der Waals surface area contributed by atoms with Crippen molar-refractivity contribution >= 4 is 23.4 Å². The highest BCUT2D eigenvalue weighted by Crippen LogP contribution is 2.19. The van der Waals surface area contributed by atoms with E-state index < -0.39 is 0 Å². The molecule has 0 bridgehead atoms. The maximum Gasteiger partial charge on any atom is 0.255 e. The Labute approximate surface area is 156 Å². The molecule has 0 atom stereocenters. The molecule has 1 N–H and O–H groups in total. The van der Waals surface area contributed by atoms with Crippen LogP contribution in [0.1, 0.15) is 5.56 Å². The highest BCUT2D eigenvalue weighted by atomic mass is 32.2. The second-order valence-corrected chi connectivity index (χ2v) is 6.55. The number of amides is 1. The average Bonchev–Trinajstić information content (AvgIpc) is 2.65. The third-order valence-corrected chi connectivity index (χ3v) is 4.62. The van der Waals surface area contributed by atoms with Gasteiger partial charge in [-0.15, -0.1) is 0 Å². The Hall–Kier alpha value is -2.86. The summed E-state index contributed by atoms with van der Waals surface area (Å²) in [6, 6.07) is 18.5. The first-order valence-corrected chi connectivity index (χ1v) is 9.37. The van der Waals surface area contributed by atoms with Crippen molar-refractivity contribution in [2.75, 3.05) is 11.6 Å². The van der Waals surface area contributed by atoms with Crippen molar-refractivity contribution in [3.8, 4) is 11.3 Å². The Morgan fingerprint density at radius 1 is 1.12 bits per heavy atom. The van der Waals surface area contributed by atoms with Crippen LogP contribution >= 0.6 is 11.8 Å². The second-order valence-electron chi connectivity index (χ2n) is 5.78. The molecule has 3 rings (SSSR count). The summed E-state index contributed by atoms with van der Waals surface area (Å²) in [5, 5.41) is 3.36. The summed E-state index contributed by atoms with van der Waals surface area (Å²) in [7, 11) is 0. The highest BCUT2D eigenvalue weighted by Gasteiger charge is 2.13. The highest BCUT2D eigenvalue weighted by molar-refractivity contribution is 7.98. The van der Waals surface area contributed by atoms with Gasteiger partial charge in [0.1, 0.15) is 6.54 Å². The van der Waals surface area contributed by atoms with Crippen LogP contribution in [0.3, 0.4) is 0 Å². The van der Waals surface area contributed by atoms with Crippen molar-refractivity contribution in [2.45, 2.75) is 18.6 Å². The molecule has 0 fully saturated rings. The van der Waals surface area contributed by atoms with Crippen LogP contribution in [0.4, 0.5) is 5.69 Å². The zero-order valence-electron chi connectivity index (χ0n) is 14.6. The number of hydrogen-bond acceptors (Lipinski definition) is 4. The summed E-state index contributed by atoms with van der Waals surface area (Å²) in [5.41, 5.74) is 2.94. The van der Waals surface area contributed by atoms with E-state index >= 15 is 0 Å². The number of anilines is 1. The van der Waals surface area contributed by atoms with E-state index in [0.717, 1.165) is 16.8 Å². The standard InChI is InChI=1S/C20H19N3O2S/c1-14-8-6-7-11-16(14)21-18(24)13-23-19(25)12-17(22-20(23)26-2)15-9-4-3-5-10-15/h3-12H,13H2,1-2H3,(H,21,24). The van der Waals surface area contributed by atoms with Crippen LogP contribution in [0.15, 0.2) is 70.6 Å². The number of benzene rings is 2. The maximum atomic E-state index is 12.6. The summed E-state index contributed by atoms with van der Waals surface area (Å²) in [4.78, 5) is 29.5. The molecule has 0 aliphatic carbocycles. The molecule has 6 heteroatoms. The molecule has 0 radical (unpaired) electrons. The van der Waals surface area contributed by atoms with E-state index in [1.807, 2.05) is 67.8 Å². The molecule has 1 aromatic heterocycles. The van der Waals surface area contributed by atoms with E-state index in [-0.39, 0.29) is 18.0 Å². The van der Waals surface area contributed by atoms with Crippen molar-refractivity contribution in [3.05, 3.63) is 76.6 Å². The van der Waals surface area contributed by atoms with Crippen LogP contribution in [-0.4, -0.2) is 21.7 Å². The Morgan fingerprint density at radius 2 is 1.81 bits per heavy atom. The van der Waals surface area contributed by atoms with Crippen molar-refractivity contribution in [3.63, 3.8) is 0 Å². The predicted octanol–water partition coefficient (Wildman–Crippen LogP) is 3.58. The number of aromatic nitrogens is 2. The molecule has 0 spiro atoms. The molecule has 0 unspecified atom stereocenters. The first-order valence-electron chi connectivity index (χ1n) is 8.15. The first-order chi connectivity index (χ1) is 12.6. The first kappa shape index (κ1) is 17.9. The van der Waals surface area contributed by atoms with Gasteiger partial charge in [0.2, 0.25) is 5.91 Å². The van der Waals surface area contributed by atoms with Crippen LogP contribution in [0, 0.1) is 6.92 Å². The van der Waals surface area contributed by atoms with Gasteiger partial charge < -0.3 is 5.32 Å². The average molecular weight is 365 g/mol. The molecular weight excluding hydrogens is 346 g/mol. The Bertz CT molecular complexity index is 984. The fraction of sp³-hybridized carbons (Fsp3) is 0.150. The lowest BCUT2D eigenvalue weighted by molar-refractivity contribution is -0.116. The number of thioether (sulfide) groups is 1. The van der Waals surface area contributed by atoms with E-state index in [9.17, 15) is 9.59 Å². The summed E-state index contributed by atoms with van der Waals surface area (Å²) < 4.78 is 1.39. The minimum atomic E-state index is -0.258. The van der Waals surface area contributed by atoms with E-state index in [2.05, 4.69) is 10.3 Å². The smallest absolute Gasteiger partial charge is 0.255 e. The zero-order valence-corrected chi connectivity index (χ0v) is 15.4. The Balaban J connectivity index is 1.87. The van der Waals surface area contributed by atoms with Crippen molar-refractivity contribution in [1.29, 1.82) is 0 Å². The number of aryl methyl sites for hydroxylation is 1. The van der Waals surface area contributed by atoms with Gasteiger partial charge in [0.05, 0.1) is 5.69 Å². The van der Waals surface area contributed by atoms with Crippen LogP contribution < -0.4 is 10.9 Å². The van der Waals surface area contributed by atoms with Crippen molar-refractivity contribution < 1.29 is 4.79 Å². The number of carbonyl (C=O) groups is 1. The fourth-order valence-electron chi connectivity index (χ4n) is 2.59. The van der Waals surface area contributed by atoms with E-state index in [4.69, 9.17) is 0 Å². The molecule has 3 aromatic rings. The van der Waals surface area contributed by atoms with Gasteiger partial charge in [-0.25, -0.2) is 4.98 Å². The second kappa shape index (κ2) is 8.01. The van der Waals surface area contributed by atoms with Gasteiger partial charge >= 0.3 is 0 Å². The minimum Gasteiger partial charge on any atom is -0.324 e. The van der Waals surface area contributed by atoms with Gasteiger partial charge in [0.15, 0.2) is 5.16 Å². The van der Waals surface area contributed by atoms with Gasteiger partial charge in [-0.2, -0.15) is 0 Å². The van der Waals surface area contributed by atoms with Crippen LogP contribution in [0.25, 0.3) is 11.3 Å². The lowest BCUT2D eigenvalue weighted by Crippen LogP contribution is -2.29. The molecule has 132 valence electrons. The number of para-hydroxylation sites is 1. The van der Waals surface area contributed by atoms with Gasteiger partial charge in [-0.1, -0.05) is 60.3 Å². The summed E-state index contributed by atoms with van der Waals surface area (Å²) in [6.07, 6.45) is 1.84. The molecule has 5 nitrogen and oxygen atoms in total. The van der Waals surface area contributed by atoms with E-state index in [0.29, 0.717) is 10.9 Å². The summed E-state index contributed by atoms with van der Waals surface area (Å²) >= 11 is 1.34. The molecule has 0 saturated carbocycles. The zero-order chi connectivity index (χ0) is 18.5. The Morgan fingerprint density at radius 3 is 2.50 bits per heavy atom. The summed E-state index contributed by atoms with van der Waals surface area (Å²) in [5.74, 6) is -0.258.